The second kappa shape index (κ2) is 11.1. The summed E-state index contributed by atoms with van der Waals surface area (Å²) in [4.78, 5) is 38.4. The van der Waals surface area contributed by atoms with Gasteiger partial charge in [-0.25, -0.2) is 9.36 Å². The van der Waals surface area contributed by atoms with Crippen molar-refractivity contribution in [2.45, 2.75) is 51.7 Å². The number of terminal acetylenes is 1. The molecule has 1 aliphatic heterocycles. The Kier molecular flexibility index (Phi) is 8.38. The monoisotopic (exact) mass is 517 g/mol. The second-order valence-electron chi connectivity index (χ2n) is 8.39. The van der Waals surface area contributed by atoms with Crippen LogP contribution in [0.1, 0.15) is 32.6 Å². The number of aryl methyl sites for hydroxylation is 1. The molecule has 12 heteroatoms. The van der Waals surface area contributed by atoms with E-state index in [9.17, 15) is 18.9 Å². The Balaban J connectivity index is 1.80. The van der Waals surface area contributed by atoms with Gasteiger partial charge in [0, 0.05) is 11.8 Å². The van der Waals surface area contributed by atoms with Crippen LogP contribution in [0.3, 0.4) is 0 Å². The third kappa shape index (κ3) is 6.62. The first-order chi connectivity index (χ1) is 17.0. The number of nitrogens with zero attached hydrogens (tertiary/aromatic N) is 1. The molecule has 0 fully saturated rings. The molecule has 0 amide bonds. The highest BCUT2D eigenvalue weighted by Gasteiger charge is 2.40. The minimum absolute atomic E-state index is 0.226. The third-order valence-corrected chi connectivity index (χ3v) is 6.62. The first-order valence-corrected chi connectivity index (χ1v) is 12.6. The maximum Gasteiger partial charge on any atom is 0.459 e. The third-order valence-electron chi connectivity index (χ3n) is 5.00. The summed E-state index contributed by atoms with van der Waals surface area (Å²) >= 11 is 0. The predicted octanol–water partition coefficient (Wildman–Crippen LogP) is 2.44. The van der Waals surface area contributed by atoms with Crippen molar-refractivity contribution in [3.63, 3.8) is 0 Å². The molecule has 0 spiro atoms. The maximum atomic E-state index is 13.7. The van der Waals surface area contributed by atoms with Gasteiger partial charge in [0.1, 0.15) is 18.4 Å². The minimum atomic E-state index is -4.19. The molecule has 0 unspecified atom stereocenters. The van der Waals surface area contributed by atoms with Crippen molar-refractivity contribution in [3.05, 3.63) is 75.1 Å². The van der Waals surface area contributed by atoms with Crippen molar-refractivity contribution < 1.29 is 27.9 Å². The zero-order valence-electron chi connectivity index (χ0n) is 20.3. The van der Waals surface area contributed by atoms with Crippen LogP contribution in [-0.4, -0.2) is 39.9 Å². The molecule has 1 aromatic heterocycles. The van der Waals surface area contributed by atoms with E-state index in [4.69, 9.17) is 24.9 Å². The number of H-pyrrole nitrogens is 1. The highest BCUT2D eigenvalue weighted by Crippen LogP contribution is 2.46. The van der Waals surface area contributed by atoms with Gasteiger partial charge in [-0.05, 0) is 52.0 Å². The number of ether oxygens (including phenoxy) is 2. The quantitative estimate of drug-likeness (QED) is 0.211. The molecule has 4 atom stereocenters. The Morgan fingerprint density at radius 2 is 2.00 bits per heavy atom. The standard InChI is InChI=1S/C24H28N3O8P/c1-6-24(13-12-20(34-24)27-14-17(4)21(28)25-23(27)30)15-32-36(31,35-19-10-8-7-9-11-19)26-18(5)22(29)33-16(2)3/h1,7-14,16,18,20H,15H2,2-5H3,(H,26,31)(H,25,28,30)/t18-,20+,24-,36-/m0/s1. The summed E-state index contributed by atoms with van der Waals surface area (Å²) in [5, 5.41) is 2.57. The van der Waals surface area contributed by atoms with E-state index in [2.05, 4.69) is 16.0 Å². The van der Waals surface area contributed by atoms with E-state index in [-0.39, 0.29) is 11.9 Å². The van der Waals surface area contributed by atoms with Crippen LogP contribution in [0.15, 0.2) is 58.3 Å². The van der Waals surface area contributed by atoms with Crippen molar-refractivity contribution in [3.8, 4) is 18.1 Å². The minimum Gasteiger partial charge on any atom is -0.462 e. The Labute approximate surface area is 208 Å². The molecule has 0 aliphatic carbocycles. The first kappa shape index (κ1) is 27.2. The van der Waals surface area contributed by atoms with Crippen LogP contribution in [0, 0.1) is 19.3 Å². The van der Waals surface area contributed by atoms with Crippen LogP contribution in [0.2, 0.25) is 0 Å². The number of carbonyl (C=O) groups excluding carboxylic acids is 1. The Hall–Kier alpha value is -3.42. The lowest BCUT2D eigenvalue weighted by atomic mass is 10.1. The van der Waals surface area contributed by atoms with Crippen molar-refractivity contribution in [1.82, 2.24) is 14.6 Å². The Bertz CT molecular complexity index is 1330. The fourth-order valence-corrected chi connectivity index (χ4v) is 4.70. The number of nitrogens with one attached hydrogen (secondary N) is 2. The average molecular weight is 517 g/mol. The lowest BCUT2D eigenvalue weighted by molar-refractivity contribution is -0.149. The molecule has 2 N–H and O–H groups in total. The average Bonchev–Trinajstić information content (AvgIpc) is 3.25. The van der Waals surface area contributed by atoms with E-state index in [1.807, 2.05) is 0 Å². The van der Waals surface area contributed by atoms with E-state index >= 15 is 0 Å². The molecule has 11 nitrogen and oxygen atoms in total. The van der Waals surface area contributed by atoms with Gasteiger partial charge in [-0.2, -0.15) is 5.09 Å². The number of aromatic amines is 1. The highest BCUT2D eigenvalue weighted by atomic mass is 31.2. The number of esters is 1. The van der Waals surface area contributed by atoms with Gasteiger partial charge in [0.05, 0.1) is 6.10 Å². The number of hydrogen-bond acceptors (Lipinski definition) is 8. The molecule has 36 heavy (non-hydrogen) atoms. The van der Waals surface area contributed by atoms with Gasteiger partial charge in [0.15, 0.2) is 11.8 Å². The number of para-hydroxylation sites is 1. The molecule has 1 aliphatic rings. The SMILES string of the molecule is C#C[C@@]1(CO[P@@](=O)(N[C@@H](C)C(=O)OC(C)C)Oc2ccccc2)C=C[C@H](n2cc(C)c(=O)[nH]c2=O)O1. The zero-order chi connectivity index (χ0) is 26.5. The van der Waals surface area contributed by atoms with E-state index in [1.165, 1.54) is 25.3 Å². The van der Waals surface area contributed by atoms with Gasteiger partial charge >= 0.3 is 19.4 Å². The molecule has 0 saturated heterocycles. The number of carbonyl (C=O) groups is 1. The molecule has 2 heterocycles. The van der Waals surface area contributed by atoms with E-state index < -0.39 is 49.4 Å². The number of hydrogen-bond donors (Lipinski definition) is 2. The van der Waals surface area contributed by atoms with Crippen LogP contribution in [0.5, 0.6) is 5.75 Å². The number of aromatic nitrogens is 2. The normalized spacial score (nSPS) is 21.5. The van der Waals surface area contributed by atoms with E-state index in [0.29, 0.717) is 5.56 Å². The van der Waals surface area contributed by atoms with E-state index in [1.54, 1.807) is 51.1 Å². The molecular formula is C24H28N3O8P. The highest BCUT2D eigenvalue weighted by molar-refractivity contribution is 7.52. The van der Waals surface area contributed by atoms with Crippen molar-refractivity contribution in [2.75, 3.05) is 6.61 Å². The second-order valence-corrected chi connectivity index (χ2v) is 10.1. The summed E-state index contributed by atoms with van der Waals surface area (Å²) in [5.74, 6) is 2.02. The van der Waals surface area contributed by atoms with Gasteiger partial charge in [-0.3, -0.25) is 23.7 Å². The maximum absolute atomic E-state index is 13.7. The van der Waals surface area contributed by atoms with Crippen LogP contribution in [-0.2, 0) is 23.4 Å². The summed E-state index contributed by atoms with van der Waals surface area (Å²) in [7, 11) is -4.19. The van der Waals surface area contributed by atoms with Crippen LogP contribution < -0.4 is 20.9 Å². The largest absolute Gasteiger partial charge is 0.462 e. The summed E-state index contributed by atoms with van der Waals surface area (Å²) in [6, 6.07) is 7.20. The fraction of sp³-hybridized carbons (Fsp3) is 0.375. The van der Waals surface area contributed by atoms with Gasteiger partial charge in [0.2, 0.25) is 0 Å². The lowest BCUT2D eigenvalue weighted by Crippen LogP contribution is -2.39. The summed E-state index contributed by atoms with van der Waals surface area (Å²) < 4.78 is 37.1. The van der Waals surface area contributed by atoms with Gasteiger partial charge in [-0.1, -0.05) is 24.1 Å². The molecule has 3 rings (SSSR count). The molecule has 0 saturated carbocycles. The Morgan fingerprint density at radius 3 is 2.64 bits per heavy atom. The molecule has 0 radical (unpaired) electrons. The van der Waals surface area contributed by atoms with Crippen LogP contribution in [0.4, 0.5) is 0 Å². The van der Waals surface area contributed by atoms with Gasteiger partial charge in [0.25, 0.3) is 5.56 Å². The fourth-order valence-electron chi connectivity index (χ4n) is 3.18. The van der Waals surface area contributed by atoms with E-state index in [0.717, 1.165) is 4.57 Å². The summed E-state index contributed by atoms with van der Waals surface area (Å²) in [6.07, 6.45) is 8.72. The number of rotatable bonds is 10. The predicted molar refractivity (Wildman–Crippen MR) is 131 cm³/mol. The van der Waals surface area contributed by atoms with Crippen molar-refractivity contribution >= 4 is 13.7 Å². The number of benzene rings is 1. The molecule has 2 aromatic rings. The topological polar surface area (TPSA) is 138 Å². The smallest absolute Gasteiger partial charge is 0.459 e. The van der Waals surface area contributed by atoms with Gasteiger partial charge in [-0.15, -0.1) is 6.42 Å². The zero-order valence-corrected chi connectivity index (χ0v) is 21.2. The van der Waals surface area contributed by atoms with Crippen molar-refractivity contribution in [2.24, 2.45) is 0 Å². The Morgan fingerprint density at radius 1 is 1.31 bits per heavy atom. The lowest BCUT2D eigenvalue weighted by Gasteiger charge is -2.28. The van der Waals surface area contributed by atoms with Crippen molar-refractivity contribution in [1.29, 1.82) is 0 Å². The molecular weight excluding hydrogens is 489 g/mol. The summed E-state index contributed by atoms with van der Waals surface area (Å²) in [5.41, 5.74) is -2.42. The molecule has 0 bridgehead atoms. The first-order valence-electron chi connectivity index (χ1n) is 11.1. The molecule has 192 valence electrons. The summed E-state index contributed by atoms with van der Waals surface area (Å²) in [6.45, 7) is 5.93. The van der Waals surface area contributed by atoms with Gasteiger partial charge < -0.3 is 14.0 Å². The van der Waals surface area contributed by atoms with Crippen LogP contribution in [0.25, 0.3) is 0 Å². The molecule has 1 aromatic carbocycles. The van der Waals surface area contributed by atoms with Crippen LogP contribution >= 0.6 is 7.75 Å².